The van der Waals surface area contributed by atoms with Crippen molar-refractivity contribution in [3.8, 4) is 5.75 Å². The van der Waals surface area contributed by atoms with Crippen molar-refractivity contribution in [3.63, 3.8) is 0 Å². The van der Waals surface area contributed by atoms with Gasteiger partial charge in [-0.2, -0.15) is 0 Å². The number of ether oxygens (including phenoxy) is 1. The van der Waals surface area contributed by atoms with Gasteiger partial charge in [0.05, 0.1) is 6.54 Å². The summed E-state index contributed by atoms with van der Waals surface area (Å²) in [5.41, 5.74) is 1.38. The molecule has 0 saturated heterocycles. The Labute approximate surface area is 127 Å². The lowest BCUT2D eigenvalue weighted by Gasteiger charge is -2.20. The summed E-state index contributed by atoms with van der Waals surface area (Å²) < 4.78 is 5.66. The lowest BCUT2D eigenvalue weighted by molar-refractivity contribution is -0.138. The van der Waals surface area contributed by atoms with Crippen molar-refractivity contribution in [3.05, 3.63) is 42.5 Å². The van der Waals surface area contributed by atoms with E-state index in [0.717, 1.165) is 5.75 Å². The number of hydrogen-bond donors (Lipinski definition) is 1. The van der Waals surface area contributed by atoms with Gasteiger partial charge in [0.1, 0.15) is 12.4 Å². The number of carboxylic acid groups (broad SMARTS) is 1. The molecule has 1 aromatic rings. The third-order valence-electron chi connectivity index (χ3n) is 3.14. The SMILES string of the molecule is C=CCN(CCOc1ccc(C(C)(C)C)cc1)CC(=O)O. The van der Waals surface area contributed by atoms with Crippen LogP contribution in [-0.2, 0) is 10.2 Å². The van der Waals surface area contributed by atoms with Crippen molar-refractivity contribution in [2.75, 3.05) is 26.2 Å². The first-order chi connectivity index (χ1) is 9.82. The van der Waals surface area contributed by atoms with Crippen molar-refractivity contribution < 1.29 is 14.6 Å². The topological polar surface area (TPSA) is 49.8 Å². The molecule has 21 heavy (non-hydrogen) atoms. The molecule has 0 radical (unpaired) electrons. The fourth-order valence-electron chi connectivity index (χ4n) is 1.95. The lowest BCUT2D eigenvalue weighted by atomic mass is 9.87. The van der Waals surface area contributed by atoms with Crippen LogP contribution in [-0.4, -0.2) is 42.2 Å². The molecule has 0 aliphatic heterocycles. The molecule has 0 saturated carbocycles. The van der Waals surface area contributed by atoms with Crippen molar-refractivity contribution in [1.29, 1.82) is 0 Å². The molecule has 1 aromatic carbocycles. The summed E-state index contributed by atoms with van der Waals surface area (Å²) in [5.74, 6) is -0.0386. The highest BCUT2D eigenvalue weighted by Gasteiger charge is 2.13. The number of nitrogens with zero attached hydrogens (tertiary/aromatic N) is 1. The molecule has 0 spiro atoms. The Kier molecular flexibility index (Phi) is 6.43. The highest BCUT2D eigenvalue weighted by atomic mass is 16.5. The predicted molar refractivity (Wildman–Crippen MR) is 84.9 cm³/mol. The smallest absolute Gasteiger partial charge is 0.317 e. The minimum Gasteiger partial charge on any atom is -0.492 e. The molecule has 4 heteroatoms. The predicted octanol–water partition coefficient (Wildman–Crippen LogP) is 2.94. The van der Waals surface area contributed by atoms with Gasteiger partial charge in [-0.05, 0) is 23.1 Å². The van der Waals surface area contributed by atoms with Gasteiger partial charge in [-0.3, -0.25) is 9.69 Å². The molecule has 116 valence electrons. The largest absolute Gasteiger partial charge is 0.492 e. The second-order valence-electron chi connectivity index (χ2n) is 6.04. The molecule has 0 aliphatic rings. The van der Waals surface area contributed by atoms with Gasteiger partial charge in [0, 0.05) is 13.1 Å². The number of carboxylic acids is 1. The maximum atomic E-state index is 10.7. The Bertz CT molecular complexity index is 460. The normalized spacial score (nSPS) is 11.4. The van der Waals surface area contributed by atoms with Crippen LogP contribution < -0.4 is 4.74 Å². The third kappa shape index (κ3) is 6.45. The first kappa shape index (κ1) is 17.2. The van der Waals surface area contributed by atoms with E-state index in [4.69, 9.17) is 9.84 Å². The van der Waals surface area contributed by atoms with E-state index in [1.54, 1.807) is 11.0 Å². The first-order valence-electron chi connectivity index (χ1n) is 7.11. The summed E-state index contributed by atoms with van der Waals surface area (Å²) in [7, 11) is 0. The second-order valence-corrected chi connectivity index (χ2v) is 6.04. The zero-order valence-corrected chi connectivity index (χ0v) is 13.1. The zero-order valence-electron chi connectivity index (χ0n) is 13.1. The molecular weight excluding hydrogens is 266 g/mol. The van der Waals surface area contributed by atoms with E-state index in [1.165, 1.54) is 5.56 Å². The molecule has 0 amide bonds. The van der Waals surface area contributed by atoms with Crippen LogP contribution in [0.1, 0.15) is 26.3 Å². The highest BCUT2D eigenvalue weighted by molar-refractivity contribution is 5.69. The standard InChI is InChI=1S/C17H25NO3/c1-5-10-18(13-16(19)20)11-12-21-15-8-6-14(7-9-15)17(2,3)4/h5-9H,1,10-13H2,2-4H3,(H,19,20). The highest BCUT2D eigenvalue weighted by Crippen LogP contribution is 2.24. The number of aliphatic carboxylic acids is 1. The van der Waals surface area contributed by atoms with Crippen molar-refractivity contribution in [2.45, 2.75) is 26.2 Å². The van der Waals surface area contributed by atoms with E-state index >= 15 is 0 Å². The molecule has 4 nitrogen and oxygen atoms in total. The summed E-state index contributed by atoms with van der Waals surface area (Å²) in [5, 5.41) is 8.82. The molecule has 1 rings (SSSR count). The minimum atomic E-state index is -0.841. The van der Waals surface area contributed by atoms with Crippen LogP contribution in [0.4, 0.5) is 0 Å². The first-order valence-corrected chi connectivity index (χ1v) is 7.11. The van der Waals surface area contributed by atoms with Crippen molar-refractivity contribution in [2.24, 2.45) is 0 Å². The van der Waals surface area contributed by atoms with Crippen LogP contribution in [0, 0.1) is 0 Å². The van der Waals surface area contributed by atoms with Gasteiger partial charge in [-0.1, -0.05) is 39.0 Å². The van der Waals surface area contributed by atoms with Crippen LogP contribution >= 0.6 is 0 Å². The number of hydrogen-bond acceptors (Lipinski definition) is 3. The van der Waals surface area contributed by atoms with Crippen LogP contribution in [0.25, 0.3) is 0 Å². The fraction of sp³-hybridized carbons (Fsp3) is 0.471. The molecule has 0 aromatic heterocycles. The van der Waals surface area contributed by atoms with Crippen LogP contribution in [0.5, 0.6) is 5.75 Å². The molecule has 0 heterocycles. The molecule has 0 bridgehead atoms. The zero-order chi connectivity index (χ0) is 15.9. The Morgan fingerprint density at radius 1 is 1.33 bits per heavy atom. The van der Waals surface area contributed by atoms with Crippen LogP contribution in [0.15, 0.2) is 36.9 Å². The van der Waals surface area contributed by atoms with Gasteiger partial charge in [0.25, 0.3) is 0 Å². The van der Waals surface area contributed by atoms with Gasteiger partial charge in [-0.25, -0.2) is 0 Å². The van der Waals surface area contributed by atoms with E-state index < -0.39 is 5.97 Å². The van der Waals surface area contributed by atoms with Crippen LogP contribution in [0.3, 0.4) is 0 Å². The lowest BCUT2D eigenvalue weighted by Crippen LogP contribution is -2.33. The van der Waals surface area contributed by atoms with Gasteiger partial charge in [0.15, 0.2) is 0 Å². The third-order valence-corrected chi connectivity index (χ3v) is 3.14. The molecule has 1 N–H and O–H groups in total. The van der Waals surface area contributed by atoms with Crippen molar-refractivity contribution >= 4 is 5.97 Å². The minimum absolute atomic E-state index is 0.00164. The van der Waals surface area contributed by atoms with E-state index in [9.17, 15) is 4.79 Å². The average Bonchev–Trinajstić information content (AvgIpc) is 2.38. The van der Waals surface area contributed by atoms with Gasteiger partial charge >= 0.3 is 5.97 Å². The van der Waals surface area contributed by atoms with E-state index in [1.807, 2.05) is 12.1 Å². The molecule has 0 unspecified atom stereocenters. The maximum Gasteiger partial charge on any atom is 0.317 e. The average molecular weight is 291 g/mol. The maximum absolute atomic E-state index is 10.7. The van der Waals surface area contributed by atoms with Crippen LogP contribution in [0.2, 0.25) is 0 Å². The summed E-state index contributed by atoms with van der Waals surface area (Å²) in [4.78, 5) is 12.5. The number of rotatable bonds is 8. The fourth-order valence-corrected chi connectivity index (χ4v) is 1.95. The Balaban J connectivity index is 2.47. The number of carbonyl (C=O) groups is 1. The molecular formula is C17H25NO3. The van der Waals surface area contributed by atoms with E-state index in [2.05, 4.69) is 39.5 Å². The summed E-state index contributed by atoms with van der Waals surface area (Å²) in [6.07, 6.45) is 1.70. The molecule has 0 fully saturated rings. The Morgan fingerprint density at radius 3 is 2.43 bits per heavy atom. The van der Waals surface area contributed by atoms with E-state index in [0.29, 0.717) is 19.7 Å². The van der Waals surface area contributed by atoms with Gasteiger partial charge in [0.2, 0.25) is 0 Å². The second kappa shape index (κ2) is 7.84. The quantitative estimate of drug-likeness (QED) is 0.748. The van der Waals surface area contributed by atoms with Gasteiger partial charge < -0.3 is 9.84 Å². The monoisotopic (exact) mass is 291 g/mol. The number of benzene rings is 1. The summed E-state index contributed by atoms with van der Waals surface area (Å²) in [6, 6.07) is 8.04. The van der Waals surface area contributed by atoms with E-state index in [-0.39, 0.29) is 12.0 Å². The molecule has 0 atom stereocenters. The van der Waals surface area contributed by atoms with Gasteiger partial charge in [-0.15, -0.1) is 6.58 Å². The van der Waals surface area contributed by atoms with Crippen molar-refractivity contribution in [1.82, 2.24) is 4.90 Å². The summed E-state index contributed by atoms with van der Waals surface area (Å²) in [6.45, 7) is 11.7. The Morgan fingerprint density at radius 2 is 1.95 bits per heavy atom. The summed E-state index contributed by atoms with van der Waals surface area (Å²) >= 11 is 0. The molecule has 0 aliphatic carbocycles. The Hall–Kier alpha value is -1.81.